The Labute approximate surface area is 58.5 Å². The molecule has 2 nitrogen and oxygen atoms in total. The van der Waals surface area contributed by atoms with Crippen LogP contribution in [0.5, 0.6) is 0 Å². The highest BCUT2D eigenvalue weighted by molar-refractivity contribution is 8.43. The molecule has 0 aliphatic carbocycles. The minimum Gasteiger partial charge on any atom is -0.341 e. The van der Waals surface area contributed by atoms with Crippen LogP contribution in [0.15, 0.2) is 0 Å². The summed E-state index contributed by atoms with van der Waals surface area (Å²) in [5.41, 5.74) is 0. The summed E-state index contributed by atoms with van der Waals surface area (Å²) in [7, 11) is 2.57. The average Bonchev–Trinajstić information content (AvgIpc) is 1.62. The number of carbonyl (C=O) groups is 1. The zero-order chi connectivity index (χ0) is 7.65. The second kappa shape index (κ2) is 2.60. The molecule has 56 valence electrons. The van der Waals surface area contributed by atoms with Gasteiger partial charge in [-0.2, -0.15) is 10.0 Å². The van der Waals surface area contributed by atoms with Gasteiger partial charge in [-0.05, 0) is 18.8 Å². The standard InChI is InChI=1S/C6H15NOS/c1-7(2)6(8)9(3,4)5/h1-5H3. The molecule has 0 rings (SSSR count). The van der Waals surface area contributed by atoms with Gasteiger partial charge in [0.15, 0.2) is 0 Å². The van der Waals surface area contributed by atoms with E-state index in [9.17, 15) is 4.79 Å². The van der Waals surface area contributed by atoms with E-state index in [0.29, 0.717) is 0 Å². The van der Waals surface area contributed by atoms with E-state index in [1.54, 1.807) is 19.0 Å². The van der Waals surface area contributed by atoms with Gasteiger partial charge in [0.1, 0.15) is 0 Å². The molecule has 0 unspecified atom stereocenters. The van der Waals surface area contributed by atoms with Gasteiger partial charge in [-0.25, -0.2) is 0 Å². The highest BCUT2D eigenvalue weighted by Crippen LogP contribution is 2.36. The maximum Gasteiger partial charge on any atom is 0.263 e. The fraction of sp³-hybridized carbons (Fsp3) is 0.833. The van der Waals surface area contributed by atoms with Crippen molar-refractivity contribution in [1.82, 2.24) is 4.90 Å². The van der Waals surface area contributed by atoms with E-state index in [1.165, 1.54) is 0 Å². The molecule has 0 aliphatic rings. The first-order valence-electron chi connectivity index (χ1n) is 2.75. The minimum atomic E-state index is -1.02. The molecule has 0 aromatic carbocycles. The third-order valence-electron chi connectivity index (χ3n) is 0.889. The maximum absolute atomic E-state index is 11.1. The Morgan fingerprint density at radius 1 is 1.22 bits per heavy atom. The smallest absolute Gasteiger partial charge is 0.263 e. The van der Waals surface area contributed by atoms with Crippen LogP contribution in [0.3, 0.4) is 0 Å². The summed E-state index contributed by atoms with van der Waals surface area (Å²) in [6.45, 7) is 0. The van der Waals surface area contributed by atoms with Gasteiger partial charge >= 0.3 is 0 Å². The molecule has 0 aromatic heterocycles. The van der Waals surface area contributed by atoms with Crippen LogP contribution in [0.25, 0.3) is 0 Å². The van der Waals surface area contributed by atoms with Crippen LogP contribution in [0.2, 0.25) is 0 Å². The number of rotatable bonds is 0. The molecule has 0 atom stereocenters. The first-order valence-corrected chi connectivity index (χ1v) is 5.61. The minimum absolute atomic E-state index is 0.252. The average molecular weight is 149 g/mol. The van der Waals surface area contributed by atoms with Gasteiger partial charge in [-0.1, -0.05) is 0 Å². The first kappa shape index (κ1) is 8.82. The predicted octanol–water partition coefficient (Wildman–Crippen LogP) is 1.36. The lowest BCUT2D eigenvalue weighted by molar-refractivity contribution is 0.240. The topological polar surface area (TPSA) is 20.3 Å². The summed E-state index contributed by atoms with van der Waals surface area (Å²) in [4.78, 5) is 12.8. The Kier molecular flexibility index (Phi) is 2.55. The van der Waals surface area contributed by atoms with Gasteiger partial charge in [-0.3, -0.25) is 4.79 Å². The van der Waals surface area contributed by atoms with Crippen molar-refractivity contribution in [3.8, 4) is 0 Å². The van der Waals surface area contributed by atoms with Crippen molar-refractivity contribution >= 4 is 15.3 Å². The van der Waals surface area contributed by atoms with Crippen molar-refractivity contribution in [3.05, 3.63) is 0 Å². The van der Waals surface area contributed by atoms with E-state index in [0.717, 1.165) is 0 Å². The zero-order valence-electron chi connectivity index (χ0n) is 6.76. The molecule has 0 fully saturated rings. The summed E-state index contributed by atoms with van der Waals surface area (Å²) in [6, 6.07) is 0. The van der Waals surface area contributed by atoms with Crippen LogP contribution in [0.1, 0.15) is 0 Å². The maximum atomic E-state index is 11.1. The molecule has 0 aliphatic heterocycles. The molecule has 1 amide bonds. The van der Waals surface area contributed by atoms with Gasteiger partial charge in [-0.15, -0.1) is 0 Å². The van der Waals surface area contributed by atoms with Crippen LogP contribution >= 0.6 is 10.0 Å². The summed E-state index contributed by atoms with van der Waals surface area (Å²) in [6.07, 6.45) is 5.99. The molecule has 0 radical (unpaired) electrons. The Balaban J connectivity index is 4.06. The molecule has 0 saturated heterocycles. The first-order chi connectivity index (χ1) is 3.85. The van der Waals surface area contributed by atoms with Crippen molar-refractivity contribution in [2.45, 2.75) is 0 Å². The highest BCUT2D eigenvalue weighted by atomic mass is 32.3. The summed E-state index contributed by atoms with van der Waals surface area (Å²) >= 11 is 0. The third-order valence-corrected chi connectivity index (χ3v) is 2.30. The molecule has 0 heterocycles. The van der Waals surface area contributed by atoms with E-state index in [-0.39, 0.29) is 5.24 Å². The quantitative estimate of drug-likeness (QED) is 0.509. The van der Waals surface area contributed by atoms with Crippen LogP contribution in [-0.2, 0) is 0 Å². The van der Waals surface area contributed by atoms with E-state index in [1.807, 2.05) is 18.8 Å². The van der Waals surface area contributed by atoms with Crippen molar-refractivity contribution in [1.29, 1.82) is 0 Å². The van der Waals surface area contributed by atoms with Gasteiger partial charge in [0.2, 0.25) is 0 Å². The lowest BCUT2D eigenvalue weighted by Gasteiger charge is -2.26. The fourth-order valence-electron chi connectivity index (χ4n) is 0.548. The SMILES string of the molecule is CN(C)C(=O)S(C)(C)C. The van der Waals surface area contributed by atoms with Crippen LogP contribution < -0.4 is 0 Å². The number of amides is 1. The van der Waals surface area contributed by atoms with E-state index in [4.69, 9.17) is 0 Å². The summed E-state index contributed by atoms with van der Waals surface area (Å²) < 4.78 is 0. The van der Waals surface area contributed by atoms with Gasteiger partial charge in [0, 0.05) is 14.1 Å². The number of carbonyl (C=O) groups excluding carboxylic acids is 1. The molecule has 9 heavy (non-hydrogen) atoms. The van der Waals surface area contributed by atoms with Gasteiger partial charge in [0.05, 0.1) is 0 Å². The van der Waals surface area contributed by atoms with Crippen molar-refractivity contribution in [2.24, 2.45) is 0 Å². The van der Waals surface area contributed by atoms with Crippen LogP contribution in [0, 0.1) is 0 Å². The van der Waals surface area contributed by atoms with Gasteiger partial charge < -0.3 is 4.90 Å². The van der Waals surface area contributed by atoms with Crippen LogP contribution in [-0.4, -0.2) is 43.0 Å². The predicted molar refractivity (Wildman–Crippen MR) is 44.4 cm³/mol. The third kappa shape index (κ3) is 2.75. The Morgan fingerprint density at radius 3 is 1.56 bits per heavy atom. The molecule has 3 heteroatoms. The Morgan fingerprint density at radius 2 is 1.56 bits per heavy atom. The summed E-state index contributed by atoms with van der Waals surface area (Å²) in [5, 5.41) is 0.252. The largest absolute Gasteiger partial charge is 0.341 e. The number of hydrogen-bond acceptors (Lipinski definition) is 1. The number of hydrogen-bond donors (Lipinski definition) is 0. The monoisotopic (exact) mass is 149 g/mol. The Bertz CT molecular complexity index is 115. The second-order valence-electron chi connectivity index (χ2n) is 3.00. The molecule has 0 N–H and O–H groups in total. The lowest BCUT2D eigenvalue weighted by atomic mass is 11.0. The molecule has 0 saturated carbocycles. The van der Waals surface area contributed by atoms with Crippen molar-refractivity contribution in [2.75, 3.05) is 32.9 Å². The Hall–Kier alpha value is -0.180. The van der Waals surface area contributed by atoms with Gasteiger partial charge in [0.25, 0.3) is 5.24 Å². The van der Waals surface area contributed by atoms with Crippen LogP contribution in [0.4, 0.5) is 4.79 Å². The van der Waals surface area contributed by atoms with Crippen molar-refractivity contribution in [3.63, 3.8) is 0 Å². The lowest BCUT2D eigenvalue weighted by Crippen LogP contribution is -2.24. The zero-order valence-corrected chi connectivity index (χ0v) is 7.58. The van der Waals surface area contributed by atoms with Crippen molar-refractivity contribution < 1.29 is 4.79 Å². The van der Waals surface area contributed by atoms with E-state index >= 15 is 0 Å². The molecule has 0 spiro atoms. The molecular weight excluding hydrogens is 134 g/mol. The van der Waals surface area contributed by atoms with E-state index < -0.39 is 10.0 Å². The second-order valence-corrected chi connectivity index (χ2v) is 7.02. The molecule has 0 bridgehead atoms. The molecular formula is C6H15NOS. The van der Waals surface area contributed by atoms with E-state index in [2.05, 4.69) is 0 Å². The highest BCUT2D eigenvalue weighted by Gasteiger charge is 2.16. The normalized spacial score (nSPS) is 13.0. The molecule has 0 aromatic rings. The fourth-order valence-corrected chi connectivity index (χ4v) is 1.64. The number of nitrogens with zero attached hydrogens (tertiary/aromatic N) is 1. The summed E-state index contributed by atoms with van der Waals surface area (Å²) in [5.74, 6) is 0.